The molecule has 1 aromatic rings. The number of nitrogens with two attached hydrogens (primary N) is 1. The molecule has 1 atom stereocenters. The number of ether oxygens (including phenoxy) is 1. The summed E-state index contributed by atoms with van der Waals surface area (Å²) in [5.74, 6) is -0.232. The molecular formula is C19H28N2O3. The van der Waals surface area contributed by atoms with Gasteiger partial charge in [0.15, 0.2) is 0 Å². The summed E-state index contributed by atoms with van der Waals surface area (Å²) in [5.41, 5.74) is 6.28. The second-order valence-corrected chi connectivity index (χ2v) is 7.50. The first-order chi connectivity index (χ1) is 11.3. The number of hydrogen-bond acceptors (Lipinski definition) is 3. The monoisotopic (exact) mass is 332 g/mol. The minimum atomic E-state index is -0.489. The van der Waals surface area contributed by atoms with Crippen molar-refractivity contribution in [2.24, 2.45) is 17.6 Å². The molecule has 0 radical (unpaired) electrons. The van der Waals surface area contributed by atoms with Gasteiger partial charge in [0.1, 0.15) is 5.60 Å². The van der Waals surface area contributed by atoms with E-state index in [1.165, 1.54) is 0 Å². The van der Waals surface area contributed by atoms with Crippen molar-refractivity contribution in [1.82, 2.24) is 4.90 Å². The highest BCUT2D eigenvalue weighted by atomic mass is 16.6. The number of primary amides is 1. The van der Waals surface area contributed by atoms with Crippen LogP contribution in [0.1, 0.15) is 39.2 Å². The van der Waals surface area contributed by atoms with Crippen LogP contribution in [-0.2, 0) is 16.0 Å². The average molecular weight is 332 g/mol. The molecule has 0 spiro atoms. The van der Waals surface area contributed by atoms with Gasteiger partial charge < -0.3 is 15.4 Å². The number of amides is 2. The van der Waals surface area contributed by atoms with E-state index in [4.69, 9.17) is 10.5 Å². The molecular weight excluding hydrogens is 304 g/mol. The summed E-state index contributed by atoms with van der Waals surface area (Å²) in [4.78, 5) is 25.8. The number of hydrogen-bond donors (Lipinski definition) is 1. The minimum absolute atomic E-state index is 0.187. The predicted octanol–water partition coefficient (Wildman–Crippen LogP) is 2.98. The van der Waals surface area contributed by atoms with Gasteiger partial charge in [-0.05, 0) is 51.5 Å². The minimum Gasteiger partial charge on any atom is -0.444 e. The standard InChI is InChI=1S/C19H28N2O3/c1-19(2,3)24-18(23)21-11-9-15(10-12-21)16(17(20)22)13-14-7-5-4-6-8-14/h4-8,15-16H,9-13H2,1-3H3,(H2,20,22). The molecule has 0 aliphatic carbocycles. The number of carbonyl (C=O) groups is 2. The molecule has 2 amide bonds. The molecule has 1 aromatic carbocycles. The second kappa shape index (κ2) is 7.69. The van der Waals surface area contributed by atoms with Crippen LogP contribution in [0.5, 0.6) is 0 Å². The lowest BCUT2D eigenvalue weighted by atomic mass is 9.80. The van der Waals surface area contributed by atoms with Crippen LogP contribution in [0.3, 0.4) is 0 Å². The summed E-state index contributed by atoms with van der Waals surface area (Å²) in [6, 6.07) is 9.94. The van der Waals surface area contributed by atoms with Crippen LogP contribution < -0.4 is 5.73 Å². The SMILES string of the molecule is CC(C)(C)OC(=O)N1CCC(C(Cc2ccccc2)C(N)=O)CC1. The van der Waals surface area contributed by atoms with Crippen molar-refractivity contribution in [2.45, 2.75) is 45.6 Å². The van der Waals surface area contributed by atoms with Gasteiger partial charge in [-0.3, -0.25) is 4.79 Å². The first-order valence-corrected chi connectivity index (χ1v) is 8.57. The molecule has 1 aliphatic rings. The molecule has 2 rings (SSSR count). The Hall–Kier alpha value is -2.04. The van der Waals surface area contributed by atoms with Crippen molar-refractivity contribution >= 4 is 12.0 Å². The largest absolute Gasteiger partial charge is 0.444 e. The van der Waals surface area contributed by atoms with Gasteiger partial charge in [-0.25, -0.2) is 4.79 Å². The zero-order valence-corrected chi connectivity index (χ0v) is 14.8. The fourth-order valence-corrected chi connectivity index (χ4v) is 3.18. The van der Waals surface area contributed by atoms with E-state index in [1.807, 2.05) is 51.1 Å². The lowest BCUT2D eigenvalue weighted by Gasteiger charge is -2.35. The van der Waals surface area contributed by atoms with Gasteiger partial charge in [0, 0.05) is 19.0 Å². The van der Waals surface area contributed by atoms with Crippen molar-refractivity contribution in [2.75, 3.05) is 13.1 Å². The lowest BCUT2D eigenvalue weighted by Crippen LogP contribution is -2.44. The number of carbonyl (C=O) groups excluding carboxylic acids is 2. The Balaban J connectivity index is 1.93. The Kier molecular flexibility index (Phi) is 5.86. The van der Waals surface area contributed by atoms with E-state index >= 15 is 0 Å². The summed E-state index contributed by atoms with van der Waals surface area (Å²) < 4.78 is 5.41. The van der Waals surface area contributed by atoms with E-state index in [-0.39, 0.29) is 23.8 Å². The highest BCUT2D eigenvalue weighted by molar-refractivity contribution is 5.77. The molecule has 1 aliphatic heterocycles. The predicted molar refractivity (Wildman–Crippen MR) is 93.4 cm³/mol. The Morgan fingerprint density at radius 2 is 1.79 bits per heavy atom. The van der Waals surface area contributed by atoms with Crippen LogP contribution in [0.2, 0.25) is 0 Å². The van der Waals surface area contributed by atoms with Crippen LogP contribution in [0.25, 0.3) is 0 Å². The molecule has 5 nitrogen and oxygen atoms in total. The van der Waals surface area contributed by atoms with E-state index in [9.17, 15) is 9.59 Å². The molecule has 0 bridgehead atoms. The molecule has 2 N–H and O–H groups in total. The van der Waals surface area contributed by atoms with Gasteiger partial charge in [0.25, 0.3) is 0 Å². The van der Waals surface area contributed by atoms with Crippen LogP contribution in [0.15, 0.2) is 30.3 Å². The van der Waals surface area contributed by atoms with Gasteiger partial charge in [-0.1, -0.05) is 30.3 Å². The van der Waals surface area contributed by atoms with Crippen LogP contribution >= 0.6 is 0 Å². The molecule has 1 unspecified atom stereocenters. The van der Waals surface area contributed by atoms with Gasteiger partial charge in [0.05, 0.1) is 0 Å². The number of nitrogens with zero attached hydrogens (tertiary/aromatic N) is 1. The number of piperidine rings is 1. The molecule has 132 valence electrons. The van der Waals surface area contributed by atoms with Crippen molar-refractivity contribution < 1.29 is 14.3 Å². The fourth-order valence-electron chi connectivity index (χ4n) is 3.18. The third-order valence-corrected chi connectivity index (χ3v) is 4.42. The Morgan fingerprint density at radius 1 is 1.21 bits per heavy atom. The van der Waals surface area contributed by atoms with E-state index in [2.05, 4.69) is 0 Å². The maximum Gasteiger partial charge on any atom is 0.410 e. The Morgan fingerprint density at radius 3 is 2.29 bits per heavy atom. The normalized spacial score (nSPS) is 17.4. The van der Waals surface area contributed by atoms with Gasteiger partial charge in [-0.2, -0.15) is 0 Å². The first kappa shape index (κ1) is 18.3. The third-order valence-electron chi connectivity index (χ3n) is 4.42. The van der Waals surface area contributed by atoms with E-state index < -0.39 is 5.60 Å². The van der Waals surface area contributed by atoms with Crippen molar-refractivity contribution in [3.63, 3.8) is 0 Å². The number of rotatable bonds is 4. The maximum atomic E-state index is 12.1. The van der Waals surface area contributed by atoms with Crippen molar-refractivity contribution in [3.8, 4) is 0 Å². The number of likely N-dealkylation sites (tertiary alicyclic amines) is 1. The smallest absolute Gasteiger partial charge is 0.410 e. The van der Waals surface area contributed by atoms with Crippen LogP contribution in [0, 0.1) is 11.8 Å². The third kappa shape index (κ3) is 5.25. The molecule has 0 saturated carbocycles. The quantitative estimate of drug-likeness (QED) is 0.921. The highest BCUT2D eigenvalue weighted by Gasteiger charge is 2.33. The summed E-state index contributed by atoms with van der Waals surface area (Å²) in [6.45, 7) is 6.80. The van der Waals surface area contributed by atoms with Crippen molar-refractivity contribution in [3.05, 3.63) is 35.9 Å². The zero-order valence-electron chi connectivity index (χ0n) is 14.8. The molecule has 1 fully saturated rings. The molecule has 1 heterocycles. The van der Waals surface area contributed by atoms with E-state index in [1.54, 1.807) is 4.90 Å². The van der Waals surface area contributed by atoms with E-state index in [0.717, 1.165) is 18.4 Å². The summed E-state index contributed by atoms with van der Waals surface area (Å²) in [5, 5.41) is 0. The Labute approximate surface area is 144 Å². The van der Waals surface area contributed by atoms with Gasteiger partial charge >= 0.3 is 6.09 Å². The average Bonchev–Trinajstić information content (AvgIpc) is 2.52. The van der Waals surface area contributed by atoms with E-state index in [0.29, 0.717) is 19.5 Å². The van der Waals surface area contributed by atoms with Gasteiger partial charge in [-0.15, -0.1) is 0 Å². The molecule has 1 saturated heterocycles. The summed E-state index contributed by atoms with van der Waals surface area (Å²) in [7, 11) is 0. The summed E-state index contributed by atoms with van der Waals surface area (Å²) in [6.07, 6.45) is 1.94. The topological polar surface area (TPSA) is 72.6 Å². The lowest BCUT2D eigenvalue weighted by molar-refractivity contribution is -0.124. The highest BCUT2D eigenvalue weighted by Crippen LogP contribution is 2.28. The van der Waals surface area contributed by atoms with Crippen molar-refractivity contribution in [1.29, 1.82) is 0 Å². The van der Waals surface area contributed by atoms with Gasteiger partial charge in [0.2, 0.25) is 5.91 Å². The molecule has 24 heavy (non-hydrogen) atoms. The fraction of sp³-hybridized carbons (Fsp3) is 0.579. The molecule has 0 aromatic heterocycles. The summed E-state index contributed by atoms with van der Waals surface area (Å²) >= 11 is 0. The first-order valence-electron chi connectivity index (χ1n) is 8.57. The molecule has 5 heteroatoms. The van der Waals surface area contributed by atoms with Crippen LogP contribution in [0.4, 0.5) is 4.79 Å². The number of benzene rings is 1. The Bertz CT molecular complexity index is 558. The van der Waals surface area contributed by atoms with Crippen LogP contribution in [-0.4, -0.2) is 35.6 Å². The zero-order chi connectivity index (χ0) is 17.7. The second-order valence-electron chi connectivity index (χ2n) is 7.50. The maximum absolute atomic E-state index is 12.1.